The Bertz CT molecular complexity index is 658. The lowest BCUT2D eigenvalue weighted by Crippen LogP contribution is -1.97. The highest BCUT2D eigenvalue weighted by Gasteiger charge is 2.12. The van der Waals surface area contributed by atoms with Crippen LogP contribution in [0, 0.1) is 0 Å². The lowest BCUT2D eigenvalue weighted by molar-refractivity contribution is -0.139. The predicted octanol–water partition coefficient (Wildman–Crippen LogP) is 1.84. The number of benzene rings is 1. The Morgan fingerprint density at radius 2 is 2.26 bits per heavy atom. The lowest BCUT2D eigenvalue weighted by Gasteiger charge is -1.96. The number of hydrogen-bond donors (Lipinski definition) is 2. The zero-order valence-corrected chi connectivity index (χ0v) is 10.2. The summed E-state index contributed by atoms with van der Waals surface area (Å²) in [5.41, 5.74) is 1.43. The van der Waals surface area contributed by atoms with Crippen LogP contribution in [0.2, 0.25) is 0 Å². The molecule has 19 heavy (non-hydrogen) atoms. The fraction of sp³-hybridized carbons (Fsp3) is 0.154. The average molecular weight is 260 g/mol. The number of H-pyrrole nitrogens is 1. The molecule has 98 valence electrons. The second-order valence-electron chi connectivity index (χ2n) is 3.87. The number of carbonyl (C=O) groups excluding carboxylic acids is 1. The predicted molar refractivity (Wildman–Crippen MR) is 68.7 cm³/mol. The number of methoxy groups -OCH3 is 1. The molecule has 1 aromatic heterocycles. The van der Waals surface area contributed by atoms with Crippen molar-refractivity contribution >= 4 is 28.9 Å². The number of carboxylic acids is 1. The van der Waals surface area contributed by atoms with Gasteiger partial charge in [0, 0.05) is 5.39 Å². The second-order valence-corrected chi connectivity index (χ2v) is 3.87. The fourth-order valence-corrected chi connectivity index (χ4v) is 1.67. The van der Waals surface area contributed by atoms with Crippen molar-refractivity contribution in [3.05, 3.63) is 35.5 Å². The molecule has 2 N–H and O–H groups in total. The van der Waals surface area contributed by atoms with Gasteiger partial charge in [-0.2, -0.15) is 5.10 Å². The van der Waals surface area contributed by atoms with Crippen molar-refractivity contribution in [1.29, 1.82) is 0 Å². The highest BCUT2D eigenvalue weighted by molar-refractivity contribution is 6.01. The van der Waals surface area contributed by atoms with Crippen molar-refractivity contribution in [2.24, 2.45) is 0 Å². The minimum Gasteiger partial charge on any atom is -0.476 e. The molecule has 0 saturated carbocycles. The summed E-state index contributed by atoms with van der Waals surface area (Å²) in [6.45, 7) is 0. The Hall–Kier alpha value is -2.63. The number of fused-ring (bicyclic) bond motifs is 1. The third kappa shape index (κ3) is 2.79. The summed E-state index contributed by atoms with van der Waals surface area (Å²) in [5.74, 6) is -1.41. The van der Waals surface area contributed by atoms with Crippen LogP contribution >= 0.6 is 0 Å². The Balaban J connectivity index is 2.27. The van der Waals surface area contributed by atoms with E-state index in [1.54, 1.807) is 30.4 Å². The Kier molecular flexibility index (Phi) is 3.61. The van der Waals surface area contributed by atoms with E-state index in [2.05, 4.69) is 14.9 Å². The van der Waals surface area contributed by atoms with E-state index in [9.17, 15) is 9.59 Å². The molecule has 0 unspecified atom stereocenters. The molecule has 1 aromatic carbocycles. The van der Waals surface area contributed by atoms with Crippen molar-refractivity contribution < 1.29 is 19.4 Å². The third-order valence-corrected chi connectivity index (χ3v) is 2.61. The minimum absolute atomic E-state index is 0.0155. The van der Waals surface area contributed by atoms with Crippen LogP contribution in [0.1, 0.15) is 22.5 Å². The summed E-state index contributed by atoms with van der Waals surface area (Å²) < 4.78 is 4.51. The molecular weight excluding hydrogens is 248 g/mol. The maximum Gasteiger partial charge on any atom is 0.357 e. The van der Waals surface area contributed by atoms with E-state index in [0.29, 0.717) is 10.9 Å². The smallest absolute Gasteiger partial charge is 0.357 e. The SMILES string of the molecule is COC(=O)CC=Cc1ccc2[nH]nc(C(=O)O)c2c1. The monoisotopic (exact) mass is 260 g/mol. The quantitative estimate of drug-likeness (QED) is 0.818. The van der Waals surface area contributed by atoms with Gasteiger partial charge in [0.1, 0.15) is 0 Å². The van der Waals surface area contributed by atoms with Crippen molar-refractivity contribution in [2.75, 3.05) is 7.11 Å². The molecule has 0 aliphatic carbocycles. The van der Waals surface area contributed by atoms with Crippen LogP contribution in [0.25, 0.3) is 17.0 Å². The second kappa shape index (κ2) is 5.34. The van der Waals surface area contributed by atoms with Crippen LogP contribution < -0.4 is 0 Å². The average Bonchev–Trinajstić information content (AvgIpc) is 2.81. The molecule has 0 fully saturated rings. The molecular formula is C13H12N2O4. The lowest BCUT2D eigenvalue weighted by atomic mass is 10.1. The molecule has 0 amide bonds. The number of carbonyl (C=O) groups is 2. The van der Waals surface area contributed by atoms with Crippen LogP contribution in [-0.2, 0) is 9.53 Å². The first-order valence-electron chi connectivity index (χ1n) is 5.56. The van der Waals surface area contributed by atoms with Crippen molar-refractivity contribution in [3.63, 3.8) is 0 Å². The van der Waals surface area contributed by atoms with Crippen LogP contribution in [0.15, 0.2) is 24.3 Å². The van der Waals surface area contributed by atoms with Gasteiger partial charge in [-0.1, -0.05) is 18.2 Å². The molecule has 0 aliphatic rings. The molecule has 0 aliphatic heterocycles. The van der Waals surface area contributed by atoms with Crippen molar-refractivity contribution in [2.45, 2.75) is 6.42 Å². The van der Waals surface area contributed by atoms with Crippen molar-refractivity contribution in [1.82, 2.24) is 10.2 Å². The fourth-order valence-electron chi connectivity index (χ4n) is 1.67. The van der Waals surface area contributed by atoms with Crippen LogP contribution in [0.3, 0.4) is 0 Å². The van der Waals surface area contributed by atoms with E-state index >= 15 is 0 Å². The summed E-state index contributed by atoms with van der Waals surface area (Å²) in [5, 5.41) is 15.9. The molecule has 0 radical (unpaired) electrons. The molecule has 2 rings (SSSR count). The van der Waals surface area contributed by atoms with E-state index < -0.39 is 5.97 Å². The van der Waals surface area contributed by atoms with E-state index in [1.807, 2.05) is 0 Å². The summed E-state index contributed by atoms with van der Waals surface area (Å²) in [6.07, 6.45) is 3.56. The highest BCUT2D eigenvalue weighted by Crippen LogP contribution is 2.18. The summed E-state index contributed by atoms with van der Waals surface area (Å²) >= 11 is 0. The Labute approximate surface area is 108 Å². The van der Waals surface area contributed by atoms with Gasteiger partial charge in [-0.15, -0.1) is 0 Å². The van der Waals surface area contributed by atoms with Gasteiger partial charge < -0.3 is 9.84 Å². The van der Waals surface area contributed by atoms with Gasteiger partial charge in [-0.05, 0) is 17.7 Å². The van der Waals surface area contributed by atoms with Gasteiger partial charge >= 0.3 is 11.9 Å². The summed E-state index contributed by atoms with van der Waals surface area (Å²) in [7, 11) is 1.33. The maximum atomic E-state index is 11.0. The first-order valence-corrected chi connectivity index (χ1v) is 5.56. The van der Waals surface area contributed by atoms with Gasteiger partial charge in [0.25, 0.3) is 0 Å². The Morgan fingerprint density at radius 1 is 1.47 bits per heavy atom. The molecule has 0 spiro atoms. The largest absolute Gasteiger partial charge is 0.476 e. The number of esters is 1. The molecule has 0 atom stereocenters. The standard InChI is InChI=1S/C13H12N2O4/c1-19-11(16)4-2-3-8-5-6-10-9(7-8)12(13(17)18)15-14-10/h2-3,5-7H,4H2,1H3,(H,14,15)(H,17,18). The normalized spacial score (nSPS) is 11.0. The first kappa shape index (κ1) is 12.8. The molecule has 6 nitrogen and oxygen atoms in total. The number of aromatic nitrogens is 2. The van der Waals surface area contributed by atoms with E-state index in [4.69, 9.17) is 5.11 Å². The minimum atomic E-state index is -1.08. The summed E-state index contributed by atoms with van der Waals surface area (Å²) in [6, 6.07) is 5.25. The van der Waals surface area contributed by atoms with Gasteiger partial charge in [-0.25, -0.2) is 4.79 Å². The van der Waals surface area contributed by atoms with E-state index in [1.165, 1.54) is 7.11 Å². The molecule has 0 saturated heterocycles. The van der Waals surface area contributed by atoms with Crippen molar-refractivity contribution in [3.8, 4) is 0 Å². The number of carboxylic acid groups (broad SMARTS) is 1. The first-order chi connectivity index (χ1) is 9.11. The van der Waals surface area contributed by atoms with Gasteiger partial charge in [0.05, 0.1) is 19.0 Å². The topological polar surface area (TPSA) is 92.3 Å². The number of aromatic carboxylic acids is 1. The van der Waals surface area contributed by atoms with Gasteiger partial charge in [0.2, 0.25) is 0 Å². The van der Waals surface area contributed by atoms with Gasteiger partial charge in [-0.3, -0.25) is 9.89 Å². The third-order valence-electron chi connectivity index (χ3n) is 2.61. The number of rotatable bonds is 4. The van der Waals surface area contributed by atoms with Crippen LogP contribution in [0.5, 0.6) is 0 Å². The number of nitrogens with zero attached hydrogens (tertiary/aromatic N) is 1. The number of ether oxygens (including phenoxy) is 1. The Morgan fingerprint density at radius 3 is 2.95 bits per heavy atom. The van der Waals surface area contributed by atoms with Gasteiger partial charge in [0.15, 0.2) is 5.69 Å². The van der Waals surface area contributed by atoms with Crippen LogP contribution in [0.4, 0.5) is 0 Å². The number of aromatic amines is 1. The maximum absolute atomic E-state index is 11.0. The number of nitrogens with one attached hydrogen (secondary N) is 1. The van der Waals surface area contributed by atoms with Crippen LogP contribution in [-0.4, -0.2) is 34.4 Å². The molecule has 0 bridgehead atoms. The number of hydrogen-bond acceptors (Lipinski definition) is 4. The molecule has 2 aromatic rings. The van der Waals surface area contributed by atoms with E-state index in [0.717, 1.165) is 5.56 Å². The summed E-state index contributed by atoms with van der Waals surface area (Å²) in [4.78, 5) is 21.9. The zero-order chi connectivity index (χ0) is 13.8. The molecule has 6 heteroatoms. The molecule has 1 heterocycles. The zero-order valence-electron chi connectivity index (χ0n) is 10.2. The van der Waals surface area contributed by atoms with E-state index in [-0.39, 0.29) is 18.1 Å². The highest BCUT2D eigenvalue weighted by atomic mass is 16.5.